The van der Waals surface area contributed by atoms with Crippen LogP contribution in [0.5, 0.6) is 0 Å². The van der Waals surface area contributed by atoms with E-state index in [2.05, 4.69) is 4.98 Å². The lowest BCUT2D eigenvalue weighted by molar-refractivity contribution is 0.0730. The van der Waals surface area contributed by atoms with Crippen LogP contribution in [0.3, 0.4) is 0 Å². The van der Waals surface area contributed by atoms with Gasteiger partial charge in [0.1, 0.15) is 0 Å². The first-order valence-electron chi connectivity index (χ1n) is 6.80. The van der Waals surface area contributed by atoms with E-state index >= 15 is 0 Å². The summed E-state index contributed by atoms with van der Waals surface area (Å²) in [7, 11) is 0. The molecule has 0 aliphatic heterocycles. The van der Waals surface area contributed by atoms with Gasteiger partial charge in [0.15, 0.2) is 0 Å². The van der Waals surface area contributed by atoms with Crippen molar-refractivity contribution in [2.24, 2.45) is 0 Å². The molecule has 1 aromatic heterocycles. The van der Waals surface area contributed by atoms with E-state index in [1.54, 1.807) is 30.6 Å². The van der Waals surface area contributed by atoms with Gasteiger partial charge in [0.2, 0.25) is 0 Å². The Bertz CT molecular complexity index is 657. The summed E-state index contributed by atoms with van der Waals surface area (Å²) < 4.78 is 0. The van der Waals surface area contributed by atoms with Crippen molar-refractivity contribution in [2.45, 2.75) is 25.4 Å². The zero-order valence-corrected chi connectivity index (χ0v) is 12.8. The van der Waals surface area contributed by atoms with Gasteiger partial charge in [-0.15, -0.1) is 0 Å². The van der Waals surface area contributed by atoms with Crippen LogP contribution in [0.15, 0.2) is 42.7 Å². The van der Waals surface area contributed by atoms with Crippen LogP contribution in [0.25, 0.3) is 0 Å². The summed E-state index contributed by atoms with van der Waals surface area (Å²) >= 11 is 11.9. The molecule has 1 aliphatic rings. The molecule has 1 aromatic carbocycles. The number of rotatable bonds is 4. The second-order valence-electron chi connectivity index (χ2n) is 5.15. The SMILES string of the molecule is O=C(c1ccc(Cl)c(Cl)c1)N(Cc1ccncc1)C1CC1. The fourth-order valence-electron chi connectivity index (χ4n) is 2.23. The van der Waals surface area contributed by atoms with E-state index in [1.165, 1.54) is 0 Å². The molecule has 1 amide bonds. The third kappa shape index (κ3) is 3.36. The molecular formula is C16H14Cl2N2O. The number of hydrogen-bond donors (Lipinski definition) is 0. The first-order chi connectivity index (χ1) is 10.1. The summed E-state index contributed by atoms with van der Waals surface area (Å²) in [5.41, 5.74) is 1.65. The second kappa shape index (κ2) is 6.04. The van der Waals surface area contributed by atoms with Crippen molar-refractivity contribution >= 4 is 29.1 Å². The Hall–Kier alpha value is -1.58. The highest BCUT2D eigenvalue weighted by molar-refractivity contribution is 6.42. The fourth-order valence-corrected chi connectivity index (χ4v) is 2.53. The molecule has 0 bridgehead atoms. The monoisotopic (exact) mass is 320 g/mol. The molecule has 0 saturated heterocycles. The molecule has 0 spiro atoms. The predicted octanol–water partition coefficient (Wildman–Crippen LogP) is 4.19. The van der Waals surface area contributed by atoms with E-state index in [-0.39, 0.29) is 5.91 Å². The van der Waals surface area contributed by atoms with Crippen LogP contribution in [-0.4, -0.2) is 21.8 Å². The third-order valence-corrected chi connectivity index (χ3v) is 4.26. The fraction of sp³-hybridized carbons (Fsp3) is 0.250. The zero-order valence-electron chi connectivity index (χ0n) is 11.3. The van der Waals surface area contributed by atoms with Crippen molar-refractivity contribution in [3.63, 3.8) is 0 Å². The number of carbonyl (C=O) groups is 1. The van der Waals surface area contributed by atoms with Crippen LogP contribution in [0, 0.1) is 0 Å². The number of hydrogen-bond acceptors (Lipinski definition) is 2. The largest absolute Gasteiger partial charge is 0.331 e. The van der Waals surface area contributed by atoms with Crippen LogP contribution in [-0.2, 0) is 6.54 Å². The number of amides is 1. The van der Waals surface area contributed by atoms with Crippen molar-refractivity contribution in [2.75, 3.05) is 0 Å². The highest BCUT2D eigenvalue weighted by Gasteiger charge is 2.33. The third-order valence-electron chi connectivity index (χ3n) is 3.52. The van der Waals surface area contributed by atoms with Gasteiger partial charge >= 0.3 is 0 Å². The summed E-state index contributed by atoms with van der Waals surface area (Å²) in [6.45, 7) is 0.590. The predicted molar refractivity (Wildman–Crippen MR) is 83.6 cm³/mol. The van der Waals surface area contributed by atoms with E-state index < -0.39 is 0 Å². The molecule has 5 heteroatoms. The van der Waals surface area contributed by atoms with Gasteiger partial charge in [0, 0.05) is 30.5 Å². The molecule has 1 aliphatic carbocycles. The van der Waals surface area contributed by atoms with Crippen molar-refractivity contribution < 1.29 is 4.79 Å². The maximum Gasteiger partial charge on any atom is 0.254 e. The maximum absolute atomic E-state index is 12.7. The topological polar surface area (TPSA) is 33.2 Å². The molecule has 2 aromatic rings. The summed E-state index contributed by atoms with van der Waals surface area (Å²) in [5, 5.41) is 0.863. The highest BCUT2D eigenvalue weighted by atomic mass is 35.5. The average molecular weight is 321 g/mol. The molecule has 21 heavy (non-hydrogen) atoms. The lowest BCUT2D eigenvalue weighted by atomic mass is 10.1. The van der Waals surface area contributed by atoms with E-state index in [4.69, 9.17) is 23.2 Å². The lowest BCUT2D eigenvalue weighted by Gasteiger charge is -2.22. The Morgan fingerprint density at radius 3 is 2.48 bits per heavy atom. The Labute approximate surface area is 133 Å². The minimum absolute atomic E-state index is 0.00659. The quantitative estimate of drug-likeness (QED) is 0.846. The van der Waals surface area contributed by atoms with Gasteiger partial charge in [-0.1, -0.05) is 23.2 Å². The lowest BCUT2D eigenvalue weighted by Crippen LogP contribution is -2.32. The van der Waals surface area contributed by atoms with Crippen LogP contribution in [0.4, 0.5) is 0 Å². The first-order valence-corrected chi connectivity index (χ1v) is 7.55. The van der Waals surface area contributed by atoms with Crippen molar-refractivity contribution in [1.29, 1.82) is 0 Å². The standard InChI is InChI=1S/C16H14Cl2N2O/c17-14-4-1-12(9-15(14)18)16(21)20(13-2-3-13)10-11-5-7-19-8-6-11/h1,4-9,13H,2-3,10H2. The molecule has 0 radical (unpaired) electrons. The van der Waals surface area contributed by atoms with Crippen molar-refractivity contribution in [3.8, 4) is 0 Å². The second-order valence-corrected chi connectivity index (χ2v) is 5.96. The normalized spacial score (nSPS) is 14.0. The summed E-state index contributed by atoms with van der Waals surface area (Å²) in [5.74, 6) is -0.00659. The number of benzene rings is 1. The van der Waals surface area contributed by atoms with E-state index in [0.29, 0.717) is 28.2 Å². The number of halogens is 2. The first kappa shape index (κ1) is 14.4. The summed E-state index contributed by atoms with van der Waals surface area (Å²) in [6.07, 6.45) is 5.59. The number of aromatic nitrogens is 1. The Morgan fingerprint density at radius 2 is 1.86 bits per heavy atom. The van der Waals surface area contributed by atoms with Crippen LogP contribution in [0.1, 0.15) is 28.8 Å². The van der Waals surface area contributed by atoms with Gasteiger partial charge in [-0.3, -0.25) is 9.78 Å². The van der Waals surface area contributed by atoms with Crippen LogP contribution in [0.2, 0.25) is 10.0 Å². The Balaban J connectivity index is 1.83. The van der Waals surface area contributed by atoms with Gasteiger partial charge in [0.05, 0.1) is 10.0 Å². The molecule has 0 atom stereocenters. The van der Waals surface area contributed by atoms with Crippen molar-refractivity contribution in [3.05, 3.63) is 63.9 Å². The van der Waals surface area contributed by atoms with E-state index in [0.717, 1.165) is 18.4 Å². The Morgan fingerprint density at radius 1 is 1.14 bits per heavy atom. The van der Waals surface area contributed by atoms with Gasteiger partial charge in [-0.05, 0) is 48.7 Å². The van der Waals surface area contributed by atoms with Crippen LogP contribution < -0.4 is 0 Å². The van der Waals surface area contributed by atoms with Gasteiger partial charge in [-0.25, -0.2) is 0 Å². The molecule has 0 N–H and O–H groups in total. The minimum Gasteiger partial charge on any atom is -0.331 e. The van der Waals surface area contributed by atoms with Crippen LogP contribution >= 0.6 is 23.2 Å². The molecule has 108 valence electrons. The highest BCUT2D eigenvalue weighted by Crippen LogP contribution is 2.31. The molecule has 3 nitrogen and oxygen atoms in total. The molecule has 1 fully saturated rings. The number of nitrogens with zero attached hydrogens (tertiary/aromatic N) is 2. The van der Waals surface area contributed by atoms with E-state index in [9.17, 15) is 4.79 Å². The molecule has 1 saturated carbocycles. The van der Waals surface area contributed by atoms with Gasteiger partial charge in [-0.2, -0.15) is 0 Å². The number of carbonyl (C=O) groups excluding carboxylic acids is 1. The molecule has 3 rings (SSSR count). The molecule has 1 heterocycles. The molecule has 0 unspecified atom stereocenters. The van der Waals surface area contributed by atoms with E-state index in [1.807, 2.05) is 17.0 Å². The maximum atomic E-state index is 12.7. The van der Waals surface area contributed by atoms with Gasteiger partial charge < -0.3 is 4.90 Å². The zero-order chi connectivity index (χ0) is 14.8. The molecular weight excluding hydrogens is 307 g/mol. The number of pyridine rings is 1. The average Bonchev–Trinajstić information content (AvgIpc) is 3.33. The summed E-state index contributed by atoms with van der Waals surface area (Å²) in [6, 6.07) is 9.19. The Kier molecular flexibility index (Phi) is 4.13. The van der Waals surface area contributed by atoms with Crippen molar-refractivity contribution in [1.82, 2.24) is 9.88 Å². The smallest absolute Gasteiger partial charge is 0.254 e. The summed E-state index contributed by atoms with van der Waals surface area (Å²) in [4.78, 5) is 18.6. The van der Waals surface area contributed by atoms with Gasteiger partial charge in [0.25, 0.3) is 5.91 Å². The minimum atomic E-state index is -0.00659.